The molecule has 168 valence electrons. The minimum absolute atomic E-state index is 0.0650. The summed E-state index contributed by atoms with van der Waals surface area (Å²) in [6.07, 6.45) is 3.19. The van der Waals surface area contributed by atoms with Crippen molar-refractivity contribution in [3.05, 3.63) is 60.2 Å². The zero-order valence-electron chi connectivity index (χ0n) is 18.3. The minimum Gasteiger partial charge on any atom is -0.491 e. The number of hydrogen-bond donors (Lipinski definition) is 1. The average molecular weight is 445 g/mol. The maximum atomic E-state index is 12.9. The van der Waals surface area contributed by atoms with Crippen LogP contribution in [-0.2, 0) is 21.2 Å². The number of amides is 1. The van der Waals surface area contributed by atoms with Gasteiger partial charge in [-0.15, -0.1) is 0 Å². The normalized spacial score (nSPS) is 17.5. The minimum atomic E-state index is -3.56. The second-order valence-corrected chi connectivity index (χ2v) is 10.2. The van der Waals surface area contributed by atoms with Gasteiger partial charge >= 0.3 is 0 Å². The molecule has 2 aromatic rings. The van der Waals surface area contributed by atoms with Crippen molar-refractivity contribution in [2.24, 2.45) is 5.92 Å². The molecule has 1 aliphatic heterocycles. The maximum absolute atomic E-state index is 12.9. The van der Waals surface area contributed by atoms with Crippen molar-refractivity contribution in [3.63, 3.8) is 0 Å². The second-order valence-electron chi connectivity index (χ2n) is 8.22. The zero-order chi connectivity index (χ0) is 22.3. The van der Waals surface area contributed by atoms with Crippen LogP contribution in [0.5, 0.6) is 5.75 Å². The molecule has 1 heterocycles. The average Bonchev–Trinajstić information content (AvgIpc) is 2.77. The SMILES string of the molecule is CC(C)Oc1cccc(CCCNC(=O)[C@@H]2CCCN(S(=O)(=O)c3ccccc3)C2)c1. The summed E-state index contributed by atoms with van der Waals surface area (Å²) in [5.41, 5.74) is 1.17. The fraction of sp³-hybridized carbons (Fsp3) is 0.458. The summed E-state index contributed by atoms with van der Waals surface area (Å²) >= 11 is 0. The van der Waals surface area contributed by atoms with Crippen molar-refractivity contribution in [3.8, 4) is 5.75 Å². The summed E-state index contributed by atoms with van der Waals surface area (Å²) in [6.45, 7) is 5.25. The molecule has 1 saturated heterocycles. The van der Waals surface area contributed by atoms with Crippen LogP contribution >= 0.6 is 0 Å². The Hall–Kier alpha value is -2.38. The molecule has 1 aliphatic rings. The number of piperidine rings is 1. The van der Waals surface area contributed by atoms with E-state index in [1.807, 2.05) is 32.0 Å². The molecular weight excluding hydrogens is 412 g/mol. The van der Waals surface area contributed by atoms with Crippen LogP contribution in [0.15, 0.2) is 59.5 Å². The second kappa shape index (κ2) is 10.8. The Morgan fingerprint density at radius 1 is 1.16 bits per heavy atom. The highest BCUT2D eigenvalue weighted by atomic mass is 32.2. The lowest BCUT2D eigenvalue weighted by atomic mass is 9.99. The van der Waals surface area contributed by atoms with E-state index in [-0.39, 0.29) is 29.4 Å². The molecule has 1 fully saturated rings. The lowest BCUT2D eigenvalue weighted by Gasteiger charge is -2.31. The first-order chi connectivity index (χ1) is 14.9. The monoisotopic (exact) mass is 444 g/mol. The van der Waals surface area contributed by atoms with Crippen LogP contribution in [0.3, 0.4) is 0 Å². The van der Waals surface area contributed by atoms with Crippen molar-refractivity contribution < 1.29 is 17.9 Å². The summed E-state index contributed by atoms with van der Waals surface area (Å²) in [7, 11) is -3.56. The Balaban J connectivity index is 1.47. The summed E-state index contributed by atoms with van der Waals surface area (Å²) in [6, 6.07) is 16.4. The Labute approximate surface area is 185 Å². The molecule has 0 bridgehead atoms. The highest BCUT2D eigenvalue weighted by Gasteiger charge is 2.33. The summed E-state index contributed by atoms with van der Waals surface area (Å²) < 4.78 is 32.9. The molecule has 0 unspecified atom stereocenters. The zero-order valence-corrected chi connectivity index (χ0v) is 19.1. The number of sulfonamides is 1. The number of ether oxygens (including phenoxy) is 1. The van der Waals surface area contributed by atoms with Gasteiger partial charge in [0.2, 0.25) is 15.9 Å². The third-order valence-electron chi connectivity index (χ3n) is 5.35. The molecule has 1 atom stereocenters. The van der Waals surface area contributed by atoms with Crippen molar-refractivity contribution >= 4 is 15.9 Å². The Kier molecular flexibility index (Phi) is 8.09. The molecular formula is C24H32N2O4S. The van der Waals surface area contributed by atoms with E-state index >= 15 is 0 Å². The van der Waals surface area contributed by atoms with Gasteiger partial charge in [-0.05, 0) is 69.4 Å². The highest BCUT2D eigenvalue weighted by molar-refractivity contribution is 7.89. The van der Waals surface area contributed by atoms with Crippen LogP contribution in [0, 0.1) is 5.92 Å². The molecule has 0 radical (unpaired) electrons. The van der Waals surface area contributed by atoms with E-state index in [4.69, 9.17) is 4.74 Å². The first-order valence-corrected chi connectivity index (χ1v) is 12.4. The van der Waals surface area contributed by atoms with E-state index in [1.54, 1.807) is 30.3 Å². The number of rotatable bonds is 9. The smallest absolute Gasteiger partial charge is 0.243 e. The number of carbonyl (C=O) groups is 1. The van der Waals surface area contributed by atoms with Crippen LogP contribution in [0.2, 0.25) is 0 Å². The number of benzene rings is 2. The molecule has 0 saturated carbocycles. The molecule has 0 aliphatic carbocycles. The fourth-order valence-corrected chi connectivity index (χ4v) is 5.36. The largest absolute Gasteiger partial charge is 0.491 e. The number of aryl methyl sites for hydroxylation is 1. The van der Waals surface area contributed by atoms with Gasteiger partial charge in [0.15, 0.2) is 0 Å². The topological polar surface area (TPSA) is 75.7 Å². The first kappa shape index (κ1) is 23.3. The van der Waals surface area contributed by atoms with Gasteiger partial charge in [-0.3, -0.25) is 4.79 Å². The Bertz CT molecular complexity index is 961. The number of nitrogens with one attached hydrogen (secondary N) is 1. The third kappa shape index (κ3) is 6.55. The van der Waals surface area contributed by atoms with Crippen molar-refractivity contribution in [2.45, 2.75) is 50.5 Å². The van der Waals surface area contributed by atoms with E-state index in [0.717, 1.165) is 18.6 Å². The molecule has 2 aromatic carbocycles. The van der Waals surface area contributed by atoms with Crippen LogP contribution in [0.1, 0.15) is 38.7 Å². The van der Waals surface area contributed by atoms with E-state index < -0.39 is 10.0 Å². The molecule has 31 heavy (non-hydrogen) atoms. The van der Waals surface area contributed by atoms with Gasteiger partial charge in [-0.2, -0.15) is 4.31 Å². The quantitative estimate of drug-likeness (QED) is 0.600. The van der Waals surface area contributed by atoms with Crippen molar-refractivity contribution in [2.75, 3.05) is 19.6 Å². The molecule has 1 N–H and O–H groups in total. The summed E-state index contributed by atoms with van der Waals surface area (Å²) in [5, 5.41) is 2.99. The van der Waals surface area contributed by atoms with E-state index in [2.05, 4.69) is 11.4 Å². The van der Waals surface area contributed by atoms with Crippen LogP contribution < -0.4 is 10.1 Å². The number of carbonyl (C=O) groups excluding carboxylic acids is 1. The molecule has 6 nitrogen and oxygen atoms in total. The van der Waals surface area contributed by atoms with Gasteiger partial charge in [-0.1, -0.05) is 30.3 Å². The van der Waals surface area contributed by atoms with Gasteiger partial charge in [0.25, 0.3) is 0 Å². The number of nitrogens with zero attached hydrogens (tertiary/aromatic N) is 1. The van der Waals surface area contributed by atoms with E-state index in [9.17, 15) is 13.2 Å². The number of hydrogen-bond acceptors (Lipinski definition) is 4. The molecule has 3 rings (SSSR count). The van der Waals surface area contributed by atoms with Crippen molar-refractivity contribution in [1.29, 1.82) is 0 Å². The van der Waals surface area contributed by atoms with E-state index in [0.29, 0.717) is 25.9 Å². The lowest BCUT2D eigenvalue weighted by Crippen LogP contribution is -2.45. The molecule has 1 amide bonds. The first-order valence-electron chi connectivity index (χ1n) is 10.9. The van der Waals surface area contributed by atoms with Crippen LogP contribution in [-0.4, -0.2) is 44.4 Å². The predicted octanol–water partition coefficient (Wildman–Crippen LogP) is 3.62. The van der Waals surface area contributed by atoms with Gasteiger partial charge in [0.05, 0.1) is 16.9 Å². The Morgan fingerprint density at radius 2 is 1.94 bits per heavy atom. The van der Waals surface area contributed by atoms with Crippen LogP contribution in [0.4, 0.5) is 0 Å². The molecule has 0 aromatic heterocycles. The van der Waals surface area contributed by atoms with Gasteiger partial charge in [0.1, 0.15) is 5.75 Å². The Morgan fingerprint density at radius 3 is 2.68 bits per heavy atom. The molecule has 7 heteroatoms. The lowest BCUT2D eigenvalue weighted by molar-refractivity contribution is -0.126. The van der Waals surface area contributed by atoms with Crippen LogP contribution in [0.25, 0.3) is 0 Å². The summed E-state index contributed by atoms with van der Waals surface area (Å²) in [5.74, 6) is 0.485. The van der Waals surface area contributed by atoms with Gasteiger partial charge in [-0.25, -0.2) is 8.42 Å². The predicted molar refractivity (Wildman–Crippen MR) is 121 cm³/mol. The van der Waals surface area contributed by atoms with E-state index in [1.165, 1.54) is 9.87 Å². The van der Waals surface area contributed by atoms with Gasteiger partial charge in [0, 0.05) is 19.6 Å². The maximum Gasteiger partial charge on any atom is 0.243 e. The van der Waals surface area contributed by atoms with Crippen molar-refractivity contribution in [1.82, 2.24) is 9.62 Å². The standard InChI is InChI=1S/C24H32N2O4S/c1-19(2)30-22-12-6-9-20(17-22)10-7-15-25-24(27)21-11-8-16-26(18-21)31(28,29)23-13-4-3-5-14-23/h3-6,9,12-14,17,19,21H,7-8,10-11,15-16,18H2,1-2H3,(H,25,27)/t21-/m1/s1. The summed E-state index contributed by atoms with van der Waals surface area (Å²) in [4.78, 5) is 12.9. The fourth-order valence-electron chi connectivity index (χ4n) is 3.81. The highest BCUT2D eigenvalue weighted by Crippen LogP contribution is 2.24. The third-order valence-corrected chi connectivity index (χ3v) is 7.23. The molecule has 0 spiro atoms. The van der Waals surface area contributed by atoms with Gasteiger partial charge < -0.3 is 10.1 Å².